The zero-order valence-electron chi connectivity index (χ0n) is 42.3. The summed E-state index contributed by atoms with van der Waals surface area (Å²) in [5.41, 5.74) is 0. The highest BCUT2D eigenvalue weighted by atomic mass is 16.6. The molecule has 0 aromatic heterocycles. The minimum Gasteiger partial charge on any atom is -0.462 e. The van der Waals surface area contributed by atoms with Crippen molar-refractivity contribution in [1.82, 2.24) is 0 Å². The Kier molecular flexibility index (Phi) is 50.4. The molecule has 0 saturated carbocycles. The van der Waals surface area contributed by atoms with Crippen LogP contribution < -0.4 is 0 Å². The van der Waals surface area contributed by atoms with Crippen molar-refractivity contribution in [2.24, 2.45) is 0 Å². The zero-order valence-corrected chi connectivity index (χ0v) is 42.3. The minimum absolute atomic E-state index is 0.0817. The van der Waals surface area contributed by atoms with Gasteiger partial charge in [0.15, 0.2) is 6.10 Å². The van der Waals surface area contributed by atoms with E-state index in [1.165, 1.54) is 135 Å². The average Bonchev–Trinajstić information content (AvgIpc) is 3.29. The second-order valence-electron chi connectivity index (χ2n) is 18.1. The summed E-state index contributed by atoms with van der Waals surface area (Å²) in [5, 5.41) is 0. The molecule has 370 valence electrons. The lowest BCUT2D eigenvalue weighted by Gasteiger charge is -2.18. The molecule has 0 spiro atoms. The molecular weight excluding hydrogens is 793 g/mol. The Morgan fingerprint density at radius 1 is 0.328 bits per heavy atom. The van der Waals surface area contributed by atoms with E-state index in [-0.39, 0.29) is 31.1 Å². The van der Waals surface area contributed by atoms with Crippen molar-refractivity contribution in [2.75, 3.05) is 13.2 Å². The van der Waals surface area contributed by atoms with Crippen molar-refractivity contribution in [3.05, 3.63) is 60.8 Å². The summed E-state index contributed by atoms with van der Waals surface area (Å²) in [6, 6.07) is 0. The van der Waals surface area contributed by atoms with Crippen LogP contribution in [-0.4, -0.2) is 37.2 Å². The molecule has 0 fully saturated rings. The van der Waals surface area contributed by atoms with E-state index in [1.807, 2.05) is 0 Å². The molecular formula is C58H102O6. The van der Waals surface area contributed by atoms with Crippen LogP contribution in [0.5, 0.6) is 0 Å². The Labute approximate surface area is 396 Å². The van der Waals surface area contributed by atoms with Gasteiger partial charge in [0.2, 0.25) is 0 Å². The van der Waals surface area contributed by atoms with E-state index in [4.69, 9.17) is 14.2 Å². The highest BCUT2D eigenvalue weighted by Gasteiger charge is 2.19. The number of unbranched alkanes of at least 4 members (excludes halogenated alkanes) is 28. The number of hydrogen-bond acceptors (Lipinski definition) is 6. The van der Waals surface area contributed by atoms with Gasteiger partial charge in [-0.05, 0) is 83.5 Å². The second kappa shape index (κ2) is 52.7. The number of carbonyl (C=O) groups excluding carboxylic acids is 3. The van der Waals surface area contributed by atoms with Gasteiger partial charge in [-0.1, -0.05) is 229 Å². The van der Waals surface area contributed by atoms with E-state index in [9.17, 15) is 14.4 Å². The number of esters is 3. The Morgan fingerprint density at radius 2 is 0.609 bits per heavy atom. The fourth-order valence-corrected chi connectivity index (χ4v) is 7.66. The molecule has 6 nitrogen and oxygen atoms in total. The van der Waals surface area contributed by atoms with Crippen LogP contribution in [0.2, 0.25) is 0 Å². The first-order chi connectivity index (χ1) is 31.5. The SMILES string of the molecule is CC/C=C\C/C=C\C/C=C\C/C=C\CCCCCCC(=O)OC[C@H](COC(=O)CCCCCCCCCCCCCC)OC(=O)CCCCCCCCC/C=C\CCCCCCCC. The summed E-state index contributed by atoms with van der Waals surface area (Å²) in [6.45, 7) is 6.51. The molecule has 0 aliphatic carbocycles. The van der Waals surface area contributed by atoms with Crippen molar-refractivity contribution < 1.29 is 28.6 Å². The Hall–Kier alpha value is -2.89. The largest absolute Gasteiger partial charge is 0.462 e. The van der Waals surface area contributed by atoms with Crippen LogP contribution >= 0.6 is 0 Å². The third kappa shape index (κ3) is 50.1. The van der Waals surface area contributed by atoms with Crippen molar-refractivity contribution in [3.63, 3.8) is 0 Å². The second-order valence-corrected chi connectivity index (χ2v) is 18.1. The van der Waals surface area contributed by atoms with Gasteiger partial charge in [-0.2, -0.15) is 0 Å². The number of ether oxygens (including phenoxy) is 3. The molecule has 0 unspecified atom stereocenters. The zero-order chi connectivity index (χ0) is 46.5. The lowest BCUT2D eigenvalue weighted by molar-refractivity contribution is -0.167. The van der Waals surface area contributed by atoms with Crippen molar-refractivity contribution in [2.45, 2.75) is 277 Å². The first kappa shape index (κ1) is 61.1. The number of allylic oxidation sites excluding steroid dienone is 10. The van der Waals surface area contributed by atoms with Crippen LogP contribution in [0.4, 0.5) is 0 Å². The Bertz CT molecular complexity index is 1170. The molecule has 0 aliphatic rings. The van der Waals surface area contributed by atoms with Crippen LogP contribution in [0.1, 0.15) is 271 Å². The van der Waals surface area contributed by atoms with Gasteiger partial charge in [0.1, 0.15) is 13.2 Å². The topological polar surface area (TPSA) is 78.9 Å². The molecule has 0 bridgehead atoms. The van der Waals surface area contributed by atoms with E-state index in [0.29, 0.717) is 19.3 Å². The maximum Gasteiger partial charge on any atom is 0.306 e. The summed E-state index contributed by atoms with van der Waals surface area (Å²) in [6.07, 6.45) is 64.9. The standard InChI is InChI=1S/C58H102O6/c1-4-7-10-13-16-19-22-25-27-29-31-33-36-39-42-45-48-51-57(60)63-54-55(53-62-56(59)50-47-44-41-38-35-24-21-18-15-12-9-6-3)64-58(61)52-49-46-43-40-37-34-32-30-28-26-23-20-17-14-11-8-5-2/h7,10,16,19,25-28,31,33,55H,4-6,8-9,11-15,17-18,20-24,29-30,32,34-54H2,1-3H3/b10-7-,19-16-,27-25-,28-26-,33-31-/t55-/m0/s1. The maximum absolute atomic E-state index is 12.8. The quantitative estimate of drug-likeness (QED) is 0.0262. The molecule has 0 amide bonds. The van der Waals surface area contributed by atoms with E-state index in [2.05, 4.69) is 81.5 Å². The van der Waals surface area contributed by atoms with E-state index < -0.39 is 6.10 Å². The number of hydrogen-bond donors (Lipinski definition) is 0. The number of rotatable bonds is 49. The van der Waals surface area contributed by atoms with Gasteiger partial charge in [0.05, 0.1) is 0 Å². The summed E-state index contributed by atoms with van der Waals surface area (Å²) >= 11 is 0. The molecule has 6 heteroatoms. The molecule has 0 aliphatic heterocycles. The van der Waals surface area contributed by atoms with Gasteiger partial charge in [0, 0.05) is 19.3 Å². The van der Waals surface area contributed by atoms with E-state index >= 15 is 0 Å². The highest BCUT2D eigenvalue weighted by molar-refractivity contribution is 5.71. The first-order valence-corrected chi connectivity index (χ1v) is 27.3. The smallest absolute Gasteiger partial charge is 0.306 e. The summed E-state index contributed by atoms with van der Waals surface area (Å²) in [7, 11) is 0. The van der Waals surface area contributed by atoms with E-state index in [0.717, 1.165) is 96.3 Å². The Morgan fingerprint density at radius 3 is 0.969 bits per heavy atom. The van der Waals surface area contributed by atoms with Crippen molar-refractivity contribution in [1.29, 1.82) is 0 Å². The monoisotopic (exact) mass is 895 g/mol. The lowest BCUT2D eigenvalue weighted by Crippen LogP contribution is -2.30. The van der Waals surface area contributed by atoms with Gasteiger partial charge in [-0.3, -0.25) is 14.4 Å². The molecule has 0 aromatic rings. The maximum atomic E-state index is 12.8. The molecule has 0 rings (SSSR count). The molecule has 0 N–H and O–H groups in total. The molecule has 0 radical (unpaired) electrons. The highest BCUT2D eigenvalue weighted by Crippen LogP contribution is 2.15. The third-order valence-electron chi connectivity index (χ3n) is 11.8. The molecule has 64 heavy (non-hydrogen) atoms. The predicted molar refractivity (Wildman–Crippen MR) is 275 cm³/mol. The molecule has 0 aromatic carbocycles. The summed E-state index contributed by atoms with van der Waals surface area (Å²) in [5.74, 6) is -0.903. The first-order valence-electron chi connectivity index (χ1n) is 27.3. The minimum atomic E-state index is -0.784. The van der Waals surface area contributed by atoms with Gasteiger partial charge in [-0.15, -0.1) is 0 Å². The molecule has 1 atom stereocenters. The Balaban J connectivity index is 4.40. The van der Waals surface area contributed by atoms with Crippen LogP contribution in [0, 0.1) is 0 Å². The van der Waals surface area contributed by atoms with Gasteiger partial charge in [0.25, 0.3) is 0 Å². The van der Waals surface area contributed by atoms with Crippen LogP contribution in [0.25, 0.3) is 0 Å². The van der Waals surface area contributed by atoms with Crippen LogP contribution in [0.3, 0.4) is 0 Å². The van der Waals surface area contributed by atoms with E-state index in [1.54, 1.807) is 0 Å². The molecule has 0 heterocycles. The predicted octanol–water partition coefficient (Wildman–Crippen LogP) is 18.0. The molecule has 0 saturated heterocycles. The number of carbonyl (C=O) groups is 3. The summed E-state index contributed by atoms with van der Waals surface area (Å²) < 4.78 is 16.8. The van der Waals surface area contributed by atoms with Crippen LogP contribution in [-0.2, 0) is 28.6 Å². The average molecular weight is 895 g/mol. The van der Waals surface area contributed by atoms with Gasteiger partial charge < -0.3 is 14.2 Å². The lowest BCUT2D eigenvalue weighted by atomic mass is 10.0. The normalized spacial score (nSPS) is 12.5. The fourth-order valence-electron chi connectivity index (χ4n) is 7.66. The van der Waals surface area contributed by atoms with Gasteiger partial charge >= 0.3 is 17.9 Å². The fraction of sp³-hybridized carbons (Fsp3) is 0.776. The van der Waals surface area contributed by atoms with Crippen molar-refractivity contribution >= 4 is 17.9 Å². The third-order valence-corrected chi connectivity index (χ3v) is 11.8. The van der Waals surface area contributed by atoms with Crippen LogP contribution in [0.15, 0.2) is 60.8 Å². The van der Waals surface area contributed by atoms with Crippen molar-refractivity contribution in [3.8, 4) is 0 Å². The van der Waals surface area contributed by atoms with Gasteiger partial charge in [-0.25, -0.2) is 0 Å². The summed E-state index contributed by atoms with van der Waals surface area (Å²) in [4.78, 5) is 38.0.